The van der Waals surface area contributed by atoms with Gasteiger partial charge in [0.15, 0.2) is 8.32 Å². The lowest BCUT2D eigenvalue weighted by molar-refractivity contribution is 0.231. The minimum absolute atomic E-state index is 0.266. The van der Waals surface area contributed by atoms with Crippen LogP contribution in [0.1, 0.15) is 33.6 Å². The summed E-state index contributed by atoms with van der Waals surface area (Å²) in [5.41, 5.74) is 0. The molecule has 0 aromatic carbocycles. The van der Waals surface area contributed by atoms with Crippen LogP contribution < -0.4 is 0 Å². The molecule has 1 unspecified atom stereocenters. The van der Waals surface area contributed by atoms with Crippen LogP contribution >= 0.6 is 0 Å². The van der Waals surface area contributed by atoms with Gasteiger partial charge in [-0.1, -0.05) is 26.8 Å². The highest BCUT2D eigenvalue weighted by atomic mass is 28.4. The smallest absolute Gasteiger partial charge is 0.191 e. The van der Waals surface area contributed by atoms with E-state index in [9.17, 15) is 0 Å². The fourth-order valence-corrected chi connectivity index (χ4v) is 2.24. The predicted molar refractivity (Wildman–Crippen MR) is 74.9 cm³/mol. The summed E-state index contributed by atoms with van der Waals surface area (Å²) in [5.74, 6) is 3.14. The Balaban J connectivity index is 4.30. The Labute approximate surface area is 102 Å². The number of terminal acetylenes is 1. The molecule has 0 spiro atoms. The normalized spacial score (nSPS) is 14.2. The molecule has 0 aliphatic rings. The average molecular weight is 238 g/mol. The van der Waals surface area contributed by atoms with E-state index in [4.69, 9.17) is 10.8 Å². The Morgan fingerprint density at radius 3 is 2.38 bits per heavy atom. The summed E-state index contributed by atoms with van der Waals surface area (Å²) in [6, 6.07) is 0. The molecule has 2 heteroatoms. The zero-order valence-corrected chi connectivity index (χ0v) is 12.5. The second kappa shape index (κ2) is 6.27. The maximum absolute atomic E-state index is 6.16. The zero-order valence-electron chi connectivity index (χ0n) is 11.5. The van der Waals surface area contributed by atoms with Gasteiger partial charge in [-0.05, 0) is 30.5 Å². The van der Waals surface area contributed by atoms with Crippen LogP contribution in [-0.4, -0.2) is 14.9 Å². The van der Waals surface area contributed by atoms with Crippen molar-refractivity contribution in [2.75, 3.05) is 6.61 Å². The molecule has 0 saturated carbocycles. The van der Waals surface area contributed by atoms with E-state index >= 15 is 0 Å². The second-order valence-electron chi connectivity index (χ2n) is 5.87. The third-order valence-corrected chi connectivity index (χ3v) is 7.89. The highest BCUT2D eigenvalue weighted by Gasteiger charge is 2.37. The maximum Gasteiger partial charge on any atom is 0.191 e. The van der Waals surface area contributed by atoms with Crippen LogP contribution in [0.5, 0.6) is 0 Å². The van der Waals surface area contributed by atoms with Gasteiger partial charge in [-0.2, -0.15) is 0 Å². The number of rotatable bonds is 6. The summed E-state index contributed by atoms with van der Waals surface area (Å²) in [4.78, 5) is 0. The SMILES string of the molecule is C#CCC(CC=C)CO[Si](C)(C)C(C)(C)C. The molecule has 1 atom stereocenters. The van der Waals surface area contributed by atoms with E-state index in [1.807, 2.05) is 6.08 Å². The summed E-state index contributed by atoms with van der Waals surface area (Å²) in [6.45, 7) is 15.8. The maximum atomic E-state index is 6.16. The molecular weight excluding hydrogens is 212 g/mol. The highest BCUT2D eigenvalue weighted by molar-refractivity contribution is 6.74. The van der Waals surface area contributed by atoms with Gasteiger partial charge in [0.05, 0.1) is 0 Å². The average Bonchev–Trinajstić information content (AvgIpc) is 2.13. The van der Waals surface area contributed by atoms with Crippen molar-refractivity contribution < 1.29 is 4.43 Å². The van der Waals surface area contributed by atoms with E-state index in [2.05, 4.69) is 46.4 Å². The van der Waals surface area contributed by atoms with E-state index in [1.165, 1.54) is 0 Å². The molecular formula is C14H26OSi. The molecule has 0 aliphatic carbocycles. The molecule has 16 heavy (non-hydrogen) atoms. The van der Waals surface area contributed by atoms with Crippen molar-refractivity contribution >= 4 is 8.32 Å². The molecule has 0 radical (unpaired) electrons. The largest absolute Gasteiger partial charge is 0.417 e. The van der Waals surface area contributed by atoms with Gasteiger partial charge in [-0.15, -0.1) is 18.9 Å². The van der Waals surface area contributed by atoms with Gasteiger partial charge in [0, 0.05) is 13.0 Å². The minimum Gasteiger partial charge on any atom is -0.417 e. The number of hydrogen-bond donors (Lipinski definition) is 0. The standard InChI is InChI=1S/C14H26OSi/c1-8-10-13(11-9-2)12-15-16(6,7)14(3,4)5/h1,9,13H,2,10-12H2,3-7H3. The van der Waals surface area contributed by atoms with Crippen LogP contribution in [0.3, 0.4) is 0 Å². The van der Waals surface area contributed by atoms with E-state index in [0.717, 1.165) is 19.4 Å². The fourth-order valence-electron chi connectivity index (χ4n) is 1.16. The topological polar surface area (TPSA) is 9.23 Å². The van der Waals surface area contributed by atoms with Crippen LogP contribution in [0, 0.1) is 18.3 Å². The molecule has 0 fully saturated rings. The summed E-state index contributed by atoms with van der Waals surface area (Å²) in [6.07, 6.45) is 9.01. The summed E-state index contributed by atoms with van der Waals surface area (Å²) < 4.78 is 6.16. The van der Waals surface area contributed by atoms with E-state index in [0.29, 0.717) is 5.92 Å². The van der Waals surface area contributed by atoms with Gasteiger partial charge in [0.2, 0.25) is 0 Å². The van der Waals surface area contributed by atoms with Crippen LogP contribution in [-0.2, 0) is 4.43 Å². The number of allylic oxidation sites excluding steroid dienone is 1. The molecule has 0 aromatic rings. The lowest BCUT2D eigenvalue weighted by atomic mass is 10.0. The van der Waals surface area contributed by atoms with Crippen molar-refractivity contribution in [2.45, 2.75) is 51.7 Å². The Hall–Kier alpha value is -0.523. The molecule has 0 aliphatic heterocycles. The Morgan fingerprint density at radius 1 is 1.44 bits per heavy atom. The fraction of sp³-hybridized carbons (Fsp3) is 0.714. The monoisotopic (exact) mass is 238 g/mol. The lowest BCUT2D eigenvalue weighted by Crippen LogP contribution is -2.41. The van der Waals surface area contributed by atoms with E-state index < -0.39 is 8.32 Å². The van der Waals surface area contributed by atoms with Crippen molar-refractivity contribution in [1.82, 2.24) is 0 Å². The quantitative estimate of drug-likeness (QED) is 0.382. The van der Waals surface area contributed by atoms with Gasteiger partial charge >= 0.3 is 0 Å². The van der Waals surface area contributed by atoms with Crippen LogP contribution in [0.4, 0.5) is 0 Å². The molecule has 0 saturated heterocycles. The molecule has 0 rings (SSSR count). The molecule has 0 aromatic heterocycles. The Bertz CT molecular complexity index is 255. The second-order valence-corrected chi connectivity index (χ2v) is 10.7. The zero-order chi connectivity index (χ0) is 12.8. The summed E-state index contributed by atoms with van der Waals surface area (Å²) in [5, 5.41) is 0.266. The molecule has 0 amide bonds. The first kappa shape index (κ1) is 15.5. The molecule has 0 N–H and O–H groups in total. The van der Waals surface area contributed by atoms with Crippen LogP contribution in [0.15, 0.2) is 12.7 Å². The third kappa shape index (κ3) is 5.00. The van der Waals surface area contributed by atoms with Crippen molar-refractivity contribution in [3.05, 3.63) is 12.7 Å². The summed E-state index contributed by atoms with van der Waals surface area (Å²) in [7, 11) is -1.63. The first-order valence-corrected chi connectivity index (χ1v) is 8.83. The van der Waals surface area contributed by atoms with Gasteiger partial charge in [-0.3, -0.25) is 0 Å². The highest BCUT2D eigenvalue weighted by Crippen LogP contribution is 2.37. The molecule has 1 nitrogen and oxygen atoms in total. The van der Waals surface area contributed by atoms with Gasteiger partial charge in [0.1, 0.15) is 0 Å². The van der Waals surface area contributed by atoms with E-state index in [-0.39, 0.29) is 5.04 Å². The van der Waals surface area contributed by atoms with Crippen molar-refractivity contribution in [1.29, 1.82) is 0 Å². The van der Waals surface area contributed by atoms with Crippen molar-refractivity contribution in [3.63, 3.8) is 0 Å². The molecule has 0 heterocycles. The van der Waals surface area contributed by atoms with Gasteiger partial charge in [-0.25, -0.2) is 0 Å². The summed E-state index contributed by atoms with van der Waals surface area (Å²) >= 11 is 0. The number of hydrogen-bond acceptors (Lipinski definition) is 1. The molecule has 92 valence electrons. The molecule has 0 bridgehead atoms. The first-order chi connectivity index (χ1) is 7.24. The van der Waals surface area contributed by atoms with Crippen molar-refractivity contribution in [3.8, 4) is 12.3 Å². The van der Waals surface area contributed by atoms with Crippen LogP contribution in [0.25, 0.3) is 0 Å². The lowest BCUT2D eigenvalue weighted by Gasteiger charge is -2.37. The van der Waals surface area contributed by atoms with Gasteiger partial charge in [0.25, 0.3) is 0 Å². The first-order valence-electron chi connectivity index (χ1n) is 5.93. The Kier molecular flexibility index (Phi) is 6.07. The van der Waals surface area contributed by atoms with E-state index in [1.54, 1.807) is 0 Å². The minimum atomic E-state index is -1.63. The third-order valence-electron chi connectivity index (χ3n) is 3.39. The Morgan fingerprint density at radius 2 is 2.00 bits per heavy atom. The van der Waals surface area contributed by atoms with Crippen LogP contribution in [0.2, 0.25) is 18.1 Å². The van der Waals surface area contributed by atoms with Gasteiger partial charge < -0.3 is 4.43 Å². The van der Waals surface area contributed by atoms with Crippen molar-refractivity contribution in [2.24, 2.45) is 5.92 Å². The predicted octanol–water partition coefficient (Wildman–Crippen LogP) is 4.22.